The van der Waals surface area contributed by atoms with Crippen LogP contribution in [-0.4, -0.2) is 47.4 Å². The molecular formula is C20H33N3O3. The topological polar surface area (TPSA) is 64.1 Å². The zero-order valence-electron chi connectivity index (χ0n) is 16.8. The summed E-state index contributed by atoms with van der Waals surface area (Å²) in [5.74, 6) is 2.87. The Hall–Kier alpha value is -2.11. The van der Waals surface area contributed by atoms with E-state index in [-0.39, 0.29) is 0 Å². The Kier molecular flexibility index (Phi) is 7.42. The molecule has 6 nitrogen and oxygen atoms in total. The Labute approximate surface area is 157 Å². The maximum absolute atomic E-state index is 5.54. The highest BCUT2D eigenvalue weighted by molar-refractivity contribution is 5.79. The molecule has 0 heterocycles. The van der Waals surface area contributed by atoms with E-state index >= 15 is 0 Å². The van der Waals surface area contributed by atoms with Crippen LogP contribution in [0.1, 0.15) is 38.2 Å². The van der Waals surface area contributed by atoms with Crippen LogP contribution in [0.3, 0.4) is 0 Å². The summed E-state index contributed by atoms with van der Waals surface area (Å²) < 4.78 is 16.3. The van der Waals surface area contributed by atoms with Crippen molar-refractivity contribution in [2.45, 2.75) is 39.0 Å². The number of nitrogens with zero attached hydrogens (tertiary/aromatic N) is 1. The normalized spacial score (nSPS) is 15.8. The van der Waals surface area contributed by atoms with Gasteiger partial charge in [-0.3, -0.25) is 4.99 Å². The van der Waals surface area contributed by atoms with Crippen LogP contribution >= 0.6 is 0 Å². The molecule has 1 aliphatic carbocycles. The standard InChI is InChI=1S/C20H33N3O3/c1-6-20(11-7-12-20)14-23-19(21-2)22-13-10-15-8-9-16(24-3)18(26-5)17(15)25-4/h8-9H,6-7,10-14H2,1-5H3,(H2,21,22,23). The molecule has 0 atom stereocenters. The maximum atomic E-state index is 5.54. The molecule has 0 aromatic heterocycles. The Balaban J connectivity index is 1.91. The third kappa shape index (κ3) is 4.54. The van der Waals surface area contributed by atoms with Gasteiger partial charge in [-0.25, -0.2) is 0 Å². The van der Waals surface area contributed by atoms with E-state index in [2.05, 4.69) is 22.5 Å². The maximum Gasteiger partial charge on any atom is 0.203 e. The van der Waals surface area contributed by atoms with E-state index in [9.17, 15) is 0 Å². The molecule has 1 saturated carbocycles. The van der Waals surface area contributed by atoms with Crippen LogP contribution in [0.25, 0.3) is 0 Å². The predicted molar refractivity (Wildman–Crippen MR) is 106 cm³/mol. The lowest BCUT2D eigenvalue weighted by molar-refractivity contribution is 0.131. The van der Waals surface area contributed by atoms with Crippen molar-refractivity contribution in [3.8, 4) is 17.2 Å². The van der Waals surface area contributed by atoms with E-state index in [1.54, 1.807) is 21.3 Å². The minimum absolute atomic E-state index is 0.462. The van der Waals surface area contributed by atoms with Gasteiger partial charge in [-0.2, -0.15) is 0 Å². The minimum atomic E-state index is 0.462. The number of methoxy groups -OCH3 is 3. The first kappa shape index (κ1) is 20.2. The van der Waals surface area contributed by atoms with Crippen molar-refractivity contribution in [3.63, 3.8) is 0 Å². The molecular weight excluding hydrogens is 330 g/mol. The Morgan fingerprint density at radius 2 is 1.81 bits per heavy atom. The monoisotopic (exact) mass is 363 g/mol. The summed E-state index contributed by atoms with van der Waals surface area (Å²) in [5.41, 5.74) is 1.53. The second-order valence-corrected chi connectivity index (χ2v) is 6.80. The van der Waals surface area contributed by atoms with Crippen LogP contribution in [-0.2, 0) is 6.42 Å². The van der Waals surface area contributed by atoms with Crippen LogP contribution < -0.4 is 24.8 Å². The van der Waals surface area contributed by atoms with Gasteiger partial charge < -0.3 is 24.8 Å². The molecule has 0 spiro atoms. The van der Waals surface area contributed by atoms with Crippen LogP contribution in [0.5, 0.6) is 17.2 Å². The van der Waals surface area contributed by atoms with Crippen molar-refractivity contribution in [2.24, 2.45) is 10.4 Å². The second kappa shape index (κ2) is 9.55. The van der Waals surface area contributed by atoms with Gasteiger partial charge in [0.2, 0.25) is 5.75 Å². The van der Waals surface area contributed by atoms with E-state index in [0.717, 1.165) is 36.8 Å². The molecule has 1 aliphatic rings. The van der Waals surface area contributed by atoms with Crippen LogP contribution in [0.2, 0.25) is 0 Å². The first-order chi connectivity index (χ1) is 12.6. The van der Waals surface area contributed by atoms with Crippen molar-refractivity contribution in [2.75, 3.05) is 41.5 Å². The van der Waals surface area contributed by atoms with Gasteiger partial charge in [-0.15, -0.1) is 0 Å². The Morgan fingerprint density at radius 3 is 2.31 bits per heavy atom. The zero-order chi connectivity index (χ0) is 19.0. The Morgan fingerprint density at radius 1 is 1.08 bits per heavy atom. The molecule has 146 valence electrons. The van der Waals surface area contributed by atoms with Crippen LogP contribution in [0.4, 0.5) is 0 Å². The van der Waals surface area contributed by atoms with Crippen molar-refractivity contribution in [1.82, 2.24) is 10.6 Å². The van der Waals surface area contributed by atoms with Gasteiger partial charge in [0.25, 0.3) is 0 Å². The first-order valence-electron chi connectivity index (χ1n) is 9.35. The van der Waals surface area contributed by atoms with Crippen molar-refractivity contribution < 1.29 is 14.2 Å². The van der Waals surface area contributed by atoms with Crippen LogP contribution in [0.15, 0.2) is 17.1 Å². The quantitative estimate of drug-likeness (QED) is 0.522. The van der Waals surface area contributed by atoms with Crippen molar-refractivity contribution in [3.05, 3.63) is 17.7 Å². The van der Waals surface area contributed by atoms with Gasteiger partial charge in [-0.05, 0) is 37.2 Å². The summed E-state index contributed by atoms with van der Waals surface area (Å²) in [6, 6.07) is 3.92. The predicted octanol–water partition coefficient (Wildman–Crippen LogP) is 3.00. The molecule has 1 aromatic carbocycles. The second-order valence-electron chi connectivity index (χ2n) is 6.80. The summed E-state index contributed by atoms with van der Waals surface area (Å²) in [7, 11) is 6.71. The van der Waals surface area contributed by atoms with Crippen molar-refractivity contribution >= 4 is 5.96 Å². The van der Waals surface area contributed by atoms with E-state index in [1.165, 1.54) is 25.7 Å². The highest BCUT2D eigenvalue weighted by Gasteiger charge is 2.34. The van der Waals surface area contributed by atoms with Crippen LogP contribution in [0, 0.1) is 5.41 Å². The number of nitrogens with one attached hydrogen (secondary N) is 2. The summed E-state index contributed by atoms with van der Waals surface area (Å²) >= 11 is 0. The average molecular weight is 364 g/mol. The fourth-order valence-electron chi connectivity index (χ4n) is 3.50. The molecule has 0 amide bonds. The first-order valence-corrected chi connectivity index (χ1v) is 9.35. The molecule has 6 heteroatoms. The van der Waals surface area contributed by atoms with Gasteiger partial charge >= 0.3 is 0 Å². The van der Waals surface area contributed by atoms with Crippen molar-refractivity contribution in [1.29, 1.82) is 0 Å². The number of ether oxygens (including phenoxy) is 3. The molecule has 0 radical (unpaired) electrons. The largest absolute Gasteiger partial charge is 0.493 e. The lowest BCUT2D eigenvalue weighted by Gasteiger charge is -2.41. The number of hydrogen-bond acceptors (Lipinski definition) is 4. The number of rotatable bonds is 9. The van der Waals surface area contributed by atoms with Gasteiger partial charge in [0.05, 0.1) is 21.3 Å². The molecule has 0 saturated heterocycles. The lowest BCUT2D eigenvalue weighted by Crippen LogP contribution is -2.46. The summed E-state index contributed by atoms with van der Waals surface area (Å²) in [6.45, 7) is 4.02. The molecule has 1 fully saturated rings. The number of benzene rings is 1. The SMILES string of the molecule is CCC1(CNC(=NC)NCCc2ccc(OC)c(OC)c2OC)CCC1. The van der Waals surface area contributed by atoms with E-state index < -0.39 is 0 Å². The van der Waals surface area contributed by atoms with Gasteiger partial charge in [0.1, 0.15) is 0 Å². The smallest absolute Gasteiger partial charge is 0.203 e. The van der Waals surface area contributed by atoms with E-state index in [4.69, 9.17) is 14.2 Å². The zero-order valence-corrected chi connectivity index (χ0v) is 16.8. The van der Waals surface area contributed by atoms with Gasteiger partial charge in [-0.1, -0.05) is 19.4 Å². The molecule has 0 aliphatic heterocycles. The third-order valence-corrected chi connectivity index (χ3v) is 5.49. The fourth-order valence-corrected chi connectivity index (χ4v) is 3.50. The van der Waals surface area contributed by atoms with Gasteiger partial charge in [0.15, 0.2) is 17.5 Å². The molecule has 1 aromatic rings. The fraction of sp³-hybridized carbons (Fsp3) is 0.650. The number of guanidine groups is 1. The number of aliphatic imine (C=N–C) groups is 1. The highest BCUT2D eigenvalue weighted by Crippen LogP contribution is 2.43. The summed E-state index contributed by atoms with van der Waals surface area (Å²) in [4.78, 5) is 4.34. The third-order valence-electron chi connectivity index (χ3n) is 5.49. The molecule has 0 unspecified atom stereocenters. The molecule has 26 heavy (non-hydrogen) atoms. The molecule has 2 N–H and O–H groups in total. The highest BCUT2D eigenvalue weighted by atomic mass is 16.5. The number of hydrogen-bond donors (Lipinski definition) is 2. The van der Waals surface area contributed by atoms with Gasteiger partial charge in [0, 0.05) is 25.7 Å². The lowest BCUT2D eigenvalue weighted by atomic mass is 9.67. The average Bonchev–Trinajstić information content (AvgIpc) is 2.65. The minimum Gasteiger partial charge on any atom is -0.493 e. The van der Waals surface area contributed by atoms with E-state index in [0.29, 0.717) is 16.9 Å². The molecule has 2 rings (SSSR count). The molecule has 0 bridgehead atoms. The summed E-state index contributed by atoms with van der Waals surface area (Å²) in [6.07, 6.45) is 6.00. The Bertz CT molecular complexity index is 607. The van der Waals surface area contributed by atoms with E-state index in [1.807, 2.05) is 19.2 Å². The summed E-state index contributed by atoms with van der Waals surface area (Å²) in [5, 5.41) is 6.87.